The van der Waals surface area contributed by atoms with Crippen LogP contribution >= 0.6 is 11.6 Å². The van der Waals surface area contributed by atoms with Crippen molar-refractivity contribution in [1.29, 1.82) is 0 Å². The molecule has 1 aromatic heterocycles. The molecule has 2 rings (SSSR count). The van der Waals surface area contributed by atoms with Crippen LogP contribution in [0.5, 0.6) is 0 Å². The van der Waals surface area contributed by atoms with Crippen molar-refractivity contribution in [2.24, 2.45) is 5.41 Å². The number of hydrogen-bond acceptors (Lipinski definition) is 3. The van der Waals surface area contributed by atoms with E-state index in [-0.39, 0.29) is 17.7 Å². The number of nitrogens with zero attached hydrogens (tertiary/aromatic N) is 1. The van der Waals surface area contributed by atoms with Crippen LogP contribution in [0.3, 0.4) is 0 Å². The van der Waals surface area contributed by atoms with Gasteiger partial charge in [-0.3, -0.25) is 9.59 Å². The van der Waals surface area contributed by atoms with Crippen molar-refractivity contribution < 1.29 is 14.7 Å². The van der Waals surface area contributed by atoms with Crippen LogP contribution in [-0.4, -0.2) is 28.5 Å². The van der Waals surface area contributed by atoms with E-state index in [9.17, 15) is 9.59 Å². The zero-order valence-corrected chi connectivity index (χ0v) is 12.7. The Hall–Kier alpha value is -1.62. The summed E-state index contributed by atoms with van der Waals surface area (Å²) in [4.78, 5) is 27.2. The van der Waals surface area contributed by atoms with Gasteiger partial charge in [0.1, 0.15) is 5.15 Å². The molecule has 1 aliphatic rings. The van der Waals surface area contributed by atoms with Crippen LogP contribution in [0.1, 0.15) is 48.7 Å². The second-order valence-corrected chi connectivity index (χ2v) is 6.02. The molecule has 1 heterocycles. The molecule has 0 spiro atoms. The summed E-state index contributed by atoms with van der Waals surface area (Å²) in [6.45, 7) is 2.33. The molecule has 2 N–H and O–H groups in total. The number of hydrogen-bond donors (Lipinski definition) is 2. The Morgan fingerprint density at radius 1 is 1.43 bits per heavy atom. The van der Waals surface area contributed by atoms with E-state index in [1.165, 1.54) is 6.07 Å². The van der Waals surface area contributed by atoms with Gasteiger partial charge in [-0.25, -0.2) is 4.98 Å². The maximum Gasteiger partial charge on any atom is 0.303 e. The number of aryl methyl sites for hydroxylation is 1. The van der Waals surface area contributed by atoms with Gasteiger partial charge >= 0.3 is 5.97 Å². The molecule has 0 atom stereocenters. The Labute approximate surface area is 128 Å². The van der Waals surface area contributed by atoms with Crippen molar-refractivity contribution in [2.75, 3.05) is 6.54 Å². The Morgan fingerprint density at radius 3 is 2.67 bits per heavy atom. The van der Waals surface area contributed by atoms with Gasteiger partial charge in [-0.05, 0) is 36.8 Å². The first-order valence-electron chi connectivity index (χ1n) is 7.10. The molecule has 0 aromatic carbocycles. The van der Waals surface area contributed by atoms with Crippen LogP contribution < -0.4 is 5.32 Å². The first kappa shape index (κ1) is 15.8. The van der Waals surface area contributed by atoms with E-state index in [0.717, 1.165) is 25.0 Å². The van der Waals surface area contributed by atoms with Gasteiger partial charge in [-0.15, -0.1) is 0 Å². The second-order valence-electron chi connectivity index (χ2n) is 5.63. The second kappa shape index (κ2) is 6.43. The van der Waals surface area contributed by atoms with Gasteiger partial charge in [0.05, 0.1) is 6.42 Å². The summed E-state index contributed by atoms with van der Waals surface area (Å²) in [5.74, 6) is -1.05. The monoisotopic (exact) mass is 310 g/mol. The average Bonchev–Trinajstić information content (AvgIpc) is 2.40. The lowest BCUT2D eigenvalue weighted by Crippen LogP contribution is -2.43. The topological polar surface area (TPSA) is 79.3 Å². The Bertz CT molecular complexity index is 556. The van der Waals surface area contributed by atoms with Crippen molar-refractivity contribution in [2.45, 2.75) is 39.0 Å². The van der Waals surface area contributed by atoms with Crippen molar-refractivity contribution in [1.82, 2.24) is 10.3 Å². The SMILES string of the molecule is CCc1cc(C(=O)NCC2(CC(=O)O)CCC2)cc(Cl)n1. The van der Waals surface area contributed by atoms with Gasteiger partial charge < -0.3 is 10.4 Å². The van der Waals surface area contributed by atoms with E-state index in [1.807, 2.05) is 6.92 Å². The average molecular weight is 311 g/mol. The fraction of sp³-hybridized carbons (Fsp3) is 0.533. The molecular formula is C15H19ClN2O3. The molecule has 21 heavy (non-hydrogen) atoms. The fourth-order valence-electron chi connectivity index (χ4n) is 2.65. The third kappa shape index (κ3) is 3.94. The Kier molecular flexibility index (Phi) is 4.83. The minimum atomic E-state index is -0.816. The Balaban J connectivity index is 2.01. The van der Waals surface area contributed by atoms with E-state index in [4.69, 9.17) is 16.7 Å². The number of carboxylic acid groups (broad SMARTS) is 1. The smallest absolute Gasteiger partial charge is 0.303 e. The summed E-state index contributed by atoms with van der Waals surface area (Å²) in [6.07, 6.45) is 3.51. The third-order valence-electron chi connectivity index (χ3n) is 4.04. The van der Waals surface area contributed by atoms with E-state index in [2.05, 4.69) is 10.3 Å². The first-order valence-corrected chi connectivity index (χ1v) is 7.48. The molecule has 5 nitrogen and oxygen atoms in total. The maximum atomic E-state index is 12.2. The van der Waals surface area contributed by atoms with Crippen molar-refractivity contribution >= 4 is 23.5 Å². The lowest BCUT2D eigenvalue weighted by atomic mass is 9.66. The molecule has 1 saturated carbocycles. The maximum absolute atomic E-state index is 12.2. The molecular weight excluding hydrogens is 292 g/mol. The highest BCUT2D eigenvalue weighted by Gasteiger charge is 2.39. The number of carbonyl (C=O) groups is 2. The number of amides is 1. The molecule has 0 bridgehead atoms. The summed E-state index contributed by atoms with van der Waals surface area (Å²) >= 11 is 5.90. The quantitative estimate of drug-likeness (QED) is 0.792. The van der Waals surface area contributed by atoms with Crippen molar-refractivity contribution in [3.63, 3.8) is 0 Å². The van der Waals surface area contributed by atoms with Gasteiger partial charge in [0.2, 0.25) is 0 Å². The van der Waals surface area contributed by atoms with Gasteiger partial charge in [0, 0.05) is 17.8 Å². The summed E-state index contributed by atoms with van der Waals surface area (Å²) in [7, 11) is 0. The number of aliphatic carboxylic acids is 1. The summed E-state index contributed by atoms with van der Waals surface area (Å²) in [5, 5.41) is 12.1. The van der Waals surface area contributed by atoms with E-state index < -0.39 is 5.97 Å². The standard InChI is InChI=1S/C15H19ClN2O3/c1-2-11-6-10(7-12(16)18-11)14(21)17-9-15(4-3-5-15)8-13(19)20/h6-7H,2-5,8-9H2,1H3,(H,17,21)(H,19,20). The number of rotatable bonds is 6. The molecule has 1 fully saturated rings. The number of aromatic nitrogens is 1. The van der Waals surface area contributed by atoms with Gasteiger partial charge in [0.15, 0.2) is 0 Å². The van der Waals surface area contributed by atoms with Crippen molar-refractivity contribution in [3.8, 4) is 0 Å². The fourth-order valence-corrected chi connectivity index (χ4v) is 2.87. The van der Waals surface area contributed by atoms with Crippen LogP contribution in [0, 0.1) is 5.41 Å². The van der Waals surface area contributed by atoms with Crippen LogP contribution in [0.25, 0.3) is 0 Å². The van der Waals surface area contributed by atoms with Crippen molar-refractivity contribution in [3.05, 3.63) is 28.5 Å². The minimum Gasteiger partial charge on any atom is -0.481 e. The molecule has 114 valence electrons. The predicted molar refractivity (Wildman–Crippen MR) is 79.5 cm³/mol. The highest BCUT2D eigenvalue weighted by molar-refractivity contribution is 6.29. The molecule has 6 heteroatoms. The van der Waals surface area contributed by atoms with Gasteiger partial charge in [-0.2, -0.15) is 0 Å². The van der Waals surface area contributed by atoms with Gasteiger partial charge in [-0.1, -0.05) is 24.9 Å². The predicted octanol–water partition coefficient (Wildman–Crippen LogP) is 2.67. The zero-order valence-electron chi connectivity index (χ0n) is 12.0. The normalized spacial score (nSPS) is 16.1. The number of carboxylic acids is 1. The minimum absolute atomic E-state index is 0.102. The highest BCUT2D eigenvalue weighted by Crippen LogP contribution is 2.43. The molecule has 0 saturated heterocycles. The molecule has 0 aliphatic heterocycles. The molecule has 1 aliphatic carbocycles. The molecule has 1 aromatic rings. The van der Waals surface area contributed by atoms with E-state index in [0.29, 0.717) is 23.7 Å². The first-order chi connectivity index (χ1) is 9.94. The number of carbonyl (C=O) groups excluding carboxylic acids is 1. The van der Waals surface area contributed by atoms with Crippen LogP contribution in [0.2, 0.25) is 5.15 Å². The lowest BCUT2D eigenvalue weighted by Gasteiger charge is -2.40. The number of nitrogens with one attached hydrogen (secondary N) is 1. The zero-order chi connectivity index (χ0) is 15.5. The van der Waals surface area contributed by atoms with E-state index >= 15 is 0 Å². The number of pyridine rings is 1. The largest absolute Gasteiger partial charge is 0.481 e. The van der Waals surface area contributed by atoms with Gasteiger partial charge in [0.25, 0.3) is 5.91 Å². The molecule has 0 radical (unpaired) electrons. The molecule has 0 unspecified atom stereocenters. The van der Waals surface area contributed by atoms with E-state index in [1.54, 1.807) is 6.07 Å². The van der Waals surface area contributed by atoms with Crippen LogP contribution in [-0.2, 0) is 11.2 Å². The Morgan fingerprint density at radius 2 is 2.14 bits per heavy atom. The van der Waals surface area contributed by atoms with Crippen LogP contribution in [0.4, 0.5) is 0 Å². The summed E-state index contributed by atoms with van der Waals surface area (Å²) < 4.78 is 0. The van der Waals surface area contributed by atoms with Crippen LogP contribution in [0.15, 0.2) is 12.1 Å². The lowest BCUT2D eigenvalue weighted by molar-refractivity contribution is -0.141. The third-order valence-corrected chi connectivity index (χ3v) is 4.23. The highest BCUT2D eigenvalue weighted by atomic mass is 35.5. The number of halogens is 1. The summed E-state index contributed by atoms with van der Waals surface area (Å²) in [5.41, 5.74) is 0.944. The molecule has 1 amide bonds. The summed E-state index contributed by atoms with van der Waals surface area (Å²) in [6, 6.07) is 3.24.